The maximum Gasteiger partial charge on any atom is 0.307 e. The van der Waals surface area contributed by atoms with Crippen LogP contribution in [0.3, 0.4) is 0 Å². The molecule has 1 aliphatic carbocycles. The number of carbonyl (C=O) groups excluding carboxylic acids is 1. The Morgan fingerprint density at radius 3 is 2.35 bits per heavy atom. The van der Waals surface area contributed by atoms with Gasteiger partial charge in [-0.1, -0.05) is 19.1 Å². The van der Waals surface area contributed by atoms with Crippen molar-refractivity contribution in [3.8, 4) is 0 Å². The van der Waals surface area contributed by atoms with E-state index in [1.807, 2.05) is 13.8 Å². The Hall–Kier alpha value is -1.32. The third-order valence-electron chi connectivity index (χ3n) is 3.32. The number of likely N-dealkylation sites (N-methyl/N-ethyl adjacent to an activating group) is 1. The summed E-state index contributed by atoms with van der Waals surface area (Å²) in [5.74, 6) is -1.50. The summed E-state index contributed by atoms with van der Waals surface area (Å²) >= 11 is 0. The number of carboxylic acids is 1. The summed E-state index contributed by atoms with van der Waals surface area (Å²) in [4.78, 5) is 24.9. The van der Waals surface area contributed by atoms with E-state index in [1.54, 1.807) is 11.9 Å². The van der Waals surface area contributed by atoms with Crippen LogP contribution in [0.25, 0.3) is 0 Å². The summed E-state index contributed by atoms with van der Waals surface area (Å²) < 4.78 is 0. The minimum atomic E-state index is -0.851. The zero-order valence-electron chi connectivity index (χ0n) is 10.8. The number of aliphatic carboxylic acids is 1. The molecule has 17 heavy (non-hydrogen) atoms. The van der Waals surface area contributed by atoms with Gasteiger partial charge in [-0.2, -0.15) is 0 Å². The monoisotopic (exact) mass is 239 g/mol. The molecule has 4 nitrogen and oxygen atoms in total. The van der Waals surface area contributed by atoms with Crippen LogP contribution >= 0.6 is 0 Å². The van der Waals surface area contributed by atoms with Gasteiger partial charge in [0.2, 0.25) is 5.91 Å². The Morgan fingerprint density at radius 1 is 1.35 bits per heavy atom. The number of hydrogen-bond acceptors (Lipinski definition) is 2. The topological polar surface area (TPSA) is 57.6 Å². The van der Waals surface area contributed by atoms with Gasteiger partial charge in [-0.05, 0) is 25.7 Å². The van der Waals surface area contributed by atoms with Gasteiger partial charge < -0.3 is 10.0 Å². The largest absolute Gasteiger partial charge is 0.481 e. The average Bonchev–Trinajstić information content (AvgIpc) is 2.58. The lowest BCUT2D eigenvalue weighted by Crippen LogP contribution is -2.37. The van der Waals surface area contributed by atoms with Gasteiger partial charge in [0.1, 0.15) is 0 Å². The van der Waals surface area contributed by atoms with E-state index in [-0.39, 0.29) is 11.8 Å². The zero-order valence-corrected chi connectivity index (χ0v) is 10.8. The van der Waals surface area contributed by atoms with Crippen LogP contribution in [0.15, 0.2) is 12.2 Å². The quantitative estimate of drug-likeness (QED) is 0.761. The predicted octanol–water partition coefficient (Wildman–Crippen LogP) is 1.77. The van der Waals surface area contributed by atoms with Crippen molar-refractivity contribution in [3.63, 3.8) is 0 Å². The van der Waals surface area contributed by atoms with Crippen LogP contribution in [0.2, 0.25) is 0 Å². The first-order chi connectivity index (χ1) is 7.82. The van der Waals surface area contributed by atoms with E-state index >= 15 is 0 Å². The van der Waals surface area contributed by atoms with E-state index in [1.165, 1.54) is 0 Å². The van der Waals surface area contributed by atoms with Crippen molar-refractivity contribution in [1.82, 2.24) is 4.90 Å². The van der Waals surface area contributed by atoms with Crippen molar-refractivity contribution in [1.29, 1.82) is 0 Å². The highest BCUT2D eigenvalue weighted by molar-refractivity contribution is 5.85. The second-order valence-electron chi connectivity index (χ2n) is 5.28. The molecule has 3 atom stereocenters. The first-order valence-corrected chi connectivity index (χ1v) is 5.95. The van der Waals surface area contributed by atoms with Gasteiger partial charge in [0.05, 0.1) is 11.8 Å². The lowest BCUT2D eigenvalue weighted by Gasteiger charge is -2.23. The molecule has 1 rings (SSSR count). The molecular formula is C13H21NO3. The van der Waals surface area contributed by atoms with Crippen LogP contribution in [0.5, 0.6) is 0 Å². The number of rotatable bonds is 4. The number of amides is 1. The number of carboxylic acid groups (broad SMARTS) is 1. The predicted molar refractivity (Wildman–Crippen MR) is 65.5 cm³/mol. The Balaban J connectivity index is 2.73. The fourth-order valence-corrected chi connectivity index (χ4v) is 2.60. The van der Waals surface area contributed by atoms with Gasteiger partial charge in [0, 0.05) is 13.6 Å². The van der Waals surface area contributed by atoms with Crippen molar-refractivity contribution in [2.75, 3.05) is 13.6 Å². The first-order valence-electron chi connectivity index (χ1n) is 5.95. The van der Waals surface area contributed by atoms with Crippen LogP contribution in [0, 0.1) is 17.8 Å². The highest BCUT2D eigenvalue weighted by atomic mass is 16.4. The molecule has 0 bridgehead atoms. The Labute approximate surface area is 102 Å². The molecule has 1 N–H and O–H groups in total. The third kappa shape index (κ3) is 3.32. The highest BCUT2D eigenvalue weighted by Crippen LogP contribution is 2.37. The van der Waals surface area contributed by atoms with Crippen molar-refractivity contribution >= 4 is 11.9 Å². The second-order valence-corrected chi connectivity index (χ2v) is 5.28. The standard InChI is InChI=1S/C13H21NO3/c1-8(2)7-14(4)12(15)10-5-9(3)6-11(10)13(16)17/h9-11H,1,5-7H2,2-4H3,(H,16,17). The normalized spacial score (nSPS) is 27.8. The number of nitrogens with zero attached hydrogens (tertiary/aromatic N) is 1. The molecule has 1 fully saturated rings. The van der Waals surface area contributed by atoms with Crippen molar-refractivity contribution in [2.24, 2.45) is 17.8 Å². The van der Waals surface area contributed by atoms with Crippen LogP contribution < -0.4 is 0 Å². The average molecular weight is 239 g/mol. The molecular weight excluding hydrogens is 218 g/mol. The summed E-state index contributed by atoms with van der Waals surface area (Å²) in [6.45, 7) is 8.12. The third-order valence-corrected chi connectivity index (χ3v) is 3.32. The Morgan fingerprint density at radius 2 is 1.88 bits per heavy atom. The van der Waals surface area contributed by atoms with Crippen LogP contribution in [0.1, 0.15) is 26.7 Å². The fourth-order valence-electron chi connectivity index (χ4n) is 2.60. The van der Waals surface area contributed by atoms with E-state index in [0.29, 0.717) is 25.3 Å². The van der Waals surface area contributed by atoms with E-state index in [2.05, 4.69) is 6.58 Å². The molecule has 0 spiro atoms. The molecule has 0 aromatic rings. The van der Waals surface area contributed by atoms with Gasteiger partial charge in [-0.3, -0.25) is 9.59 Å². The van der Waals surface area contributed by atoms with Gasteiger partial charge in [0.25, 0.3) is 0 Å². The maximum atomic E-state index is 12.2. The van der Waals surface area contributed by atoms with E-state index in [0.717, 1.165) is 5.57 Å². The SMILES string of the molecule is C=C(C)CN(C)C(=O)C1CC(C)CC1C(=O)O. The minimum Gasteiger partial charge on any atom is -0.481 e. The highest BCUT2D eigenvalue weighted by Gasteiger charge is 2.42. The summed E-state index contributed by atoms with van der Waals surface area (Å²) in [5.41, 5.74) is 0.902. The lowest BCUT2D eigenvalue weighted by molar-refractivity contribution is -0.148. The van der Waals surface area contributed by atoms with E-state index in [9.17, 15) is 9.59 Å². The van der Waals surface area contributed by atoms with Crippen LogP contribution in [-0.2, 0) is 9.59 Å². The second kappa shape index (κ2) is 5.34. The van der Waals surface area contributed by atoms with Gasteiger partial charge >= 0.3 is 5.97 Å². The van der Waals surface area contributed by atoms with Crippen LogP contribution in [-0.4, -0.2) is 35.5 Å². The molecule has 0 aliphatic heterocycles. The smallest absolute Gasteiger partial charge is 0.307 e. The molecule has 1 amide bonds. The molecule has 96 valence electrons. The molecule has 0 aromatic carbocycles. The van der Waals surface area contributed by atoms with Crippen LogP contribution in [0.4, 0.5) is 0 Å². The van der Waals surface area contributed by atoms with Crippen molar-refractivity contribution < 1.29 is 14.7 Å². The number of hydrogen-bond donors (Lipinski definition) is 1. The summed E-state index contributed by atoms with van der Waals surface area (Å²) in [6, 6.07) is 0. The first kappa shape index (κ1) is 13.7. The van der Waals surface area contributed by atoms with Crippen molar-refractivity contribution in [3.05, 3.63) is 12.2 Å². The molecule has 0 saturated heterocycles. The Kier molecular flexibility index (Phi) is 4.32. The number of carbonyl (C=O) groups is 2. The van der Waals surface area contributed by atoms with Gasteiger partial charge in [-0.15, -0.1) is 0 Å². The zero-order chi connectivity index (χ0) is 13.2. The summed E-state index contributed by atoms with van der Waals surface area (Å²) in [6.07, 6.45) is 1.28. The van der Waals surface area contributed by atoms with Crippen molar-refractivity contribution in [2.45, 2.75) is 26.7 Å². The molecule has 4 heteroatoms. The van der Waals surface area contributed by atoms with Gasteiger partial charge in [0.15, 0.2) is 0 Å². The summed E-state index contributed by atoms with van der Waals surface area (Å²) in [5, 5.41) is 9.13. The van der Waals surface area contributed by atoms with Gasteiger partial charge in [-0.25, -0.2) is 0 Å². The molecule has 3 unspecified atom stereocenters. The molecule has 0 aromatic heterocycles. The maximum absolute atomic E-state index is 12.2. The Bertz CT molecular complexity index is 338. The van der Waals surface area contributed by atoms with E-state index in [4.69, 9.17) is 5.11 Å². The molecule has 0 heterocycles. The molecule has 1 aliphatic rings. The molecule has 1 saturated carbocycles. The summed E-state index contributed by atoms with van der Waals surface area (Å²) in [7, 11) is 1.71. The molecule has 0 radical (unpaired) electrons. The fraction of sp³-hybridized carbons (Fsp3) is 0.692. The minimum absolute atomic E-state index is 0.0650. The lowest BCUT2D eigenvalue weighted by atomic mass is 9.95. The van der Waals surface area contributed by atoms with E-state index < -0.39 is 11.9 Å².